The summed E-state index contributed by atoms with van der Waals surface area (Å²) < 4.78 is 1.48. The Morgan fingerprint density at radius 1 is 1.67 bits per heavy atom. The van der Waals surface area contributed by atoms with Gasteiger partial charge in [-0.1, -0.05) is 0 Å². The Balaban J connectivity index is 3.02. The molecule has 0 spiro atoms. The Hall–Kier alpha value is -1.65. The van der Waals surface area contributed by atoms with Crippen LogP contribution in [0.5, 0.6) is 0 Å². The van der Waals surface area contributed by atoms with Crippen LogP contribution >= 0.6 is 0 Å². The van der Waals surface area contributed by atoms with E-state index >= 15 is 0 Å². The molecule has 0 bridgehead atoms. The number of hydrogen-bond acceptors (Lipinski definition) is 3. The van der Waals surface area contributed by atoms with Crippen molar-refractivity contribution >= 4 is 11.8 Å². The Kier molecular flexibility index (Phi) is 2.23. The van der Waals surface area contributed by atoms with Crippen molar-refractivity contribution in [1.82, 2.24) is 9.55 Å². The normalized spacial score (nSPS) is 9.75. The smallest absolute Gasteiger partial charge is 0.378 e. The molecule has 0 radical (unpaired) electrons. The van der Waals surface area contributed by atoms with E-state index in [2.05, 4.69) is 4.98 Å². The maximum atomic E-state index is 10.9. The summed E-state index contributed by atoms with van der Waals surface area (Å²) in [7, 11) is 0. The molecule has 64 valence electrons. The number of carboxylic acid groups (broad SMARTS) is 1. The third-order valence-corrected chi connectivity index (χ3v) is 1.48. The predicted molar refractivity (Wildman–Crippen MR) is 39.9 cm³/mol. The lowest BCUT2D eigenvalue weighted by Crippen LogP contribution is -2.16. The number of aryl methyl sites for hydroxylation is 1. The highest BCUT2D eigenvalue weighted by Gasteiger charge is 2.17. The van der Waals surface area contributed by atoms with Crippen molar-refractivity contribution in [3.8, 4) is 0 Å². The van der Waals surface area contributed by atoms with Crippen LogP contribution in [-0.4, -0.2) is 26.4 Å². The Labute approximate surface area is 68.6 Å². The second-order valence-electron chi connectivity index (χ2n) is 2.20. The van der Waals surface area contributed by atoms with Crippen LogP contribution < -0.4 is 0 Å². The van der Waals surface area contributed by atoms with Gasteiger partial charge in [-0.15, -0.1) is 0 Å². The zero-order valence-corrected chi connectivity index (χ0v) is 6.52. The summed E-state index contributed by atoms with van der Waals surface area (Å²) >= 11 is 0. The van der Waals surface area contributed by atoms with Gasteiger partial charge >= 0.3 is 5.97 Å². The highest BCUT2D eigenvalue weighted by atomic mass is 16.4. The second-order valence-corrected chi connectivity index (χ2v) is 2.20. The van der Waals surface area contributed by atoms with Gasteiger partial charge in [0.2, 0.25) is 0 Å². The number of aliphatic carboxylic acids is 1. The average Bonchev–Trinajstić information content (AvgIpc) is 2.49. The lowest BCUT2D eigenvalue weighted by atomic mass is 10.3. The Bertz CT molecular complexity index is 316. The van der Waals surface area contributed by atoms with Crippen molar-refractivity contribution in [1.29, 1.82) is 0 Å². The minimum Gasteiger partial charge on any atom is -0.475 e. The zero-order chi connectivity index (χ0) is 9.14. The molecule has 1 aromatic rings. The molecular formula is C7H8N2O3. The second kappa shape index (κ2) is 3.17. The van der Waals surface area contributed by atoms with E-state index in [1.165, 1.54) is 17.1 Å². The van der Waals surface area contributed by atoms with Crippen LogP contribution in [0.25, 0.3) is 0 Å². The van der Waals surface area contributed by atoms with Gasteiger partial charge in [0.15, 0.2) is 0 Å². The topological polar surface area (TPSA) is 72.2 Å². The van der Waals surface area contributed by atoms with E-state index < -0.39 is 11.8 Å². The molecule has 0 amide bonds. The fraction of sp³-hybridized carbons (Fsp3) is 0.286. The molecule has 1 aromatic heterocycles. The lowest BCUT2D eigenvalue weighted by molar-refractivity contribution is -0.131. The minimum atomic E-state index is -1.45. The fourth-order valence-corrected chi connectivity index (χ4v) is 0.871. The number of nitrogens with zero attached hydrogens (tertiary/aromatic N) is 2. The number of imidazole rings is 1. The van der Waals surface area contributed by atoms with Gasteiger partial charge in [0.05, 0.1) is 12.5 Å². The van der Waals surface area contributed by atoms with Gasteiger partial charge in [0.25, 0.3) is 5.78 Å². The number of carbonyl (C=O) groups is 2. The highest BCUT2D eigenvalue weighted by Crippen LogP contribution is 2.00. The minimum absolute atomic E-state index is 0.116. The molecule has 0 fully saturated rings. The first-order valence-corrected chi connectivity index (χ1v) is 3.44. The van der Waals surface area contributed by atoms with E-state index in [-0.39, 0.29) is 5.69 Å². The molecule has 0 unspecified atom stereocenters. The third-order valence-electron chi connectivity index (χ3n) is 1.48. The summed E-state index contributed by atoms with van der Waals surface area (Å²) in [5.74, 6) is -2.38. The maximum Gasteiger partial charge on any atom is 0.378 e. The summed E-state index contributed by atoms with van der Waals surface area (Å²) in [4.78, 5) is 24.9. The van der Waals surface area contributed by atoms with E-state index in [1.54, 1.807) is 6.92 Å². The molecule has 0 atom stereocenters. The van der Waals surface area contributed by atoms with Crippen molar-refractivity contribution in [2.24, 2.45) is 0 Å². The van der Waals surface area contributed by atoms with Crippen LogP contribution in [0.3, 0.4) is 0 Å². The molecule has 0 aromatic carbocycles. The first-order valence-electron chi connectivity index (χ1n) is 3.44. The first kappa shape index (κ1) is 8.45. The summed E-state index contributed by atoms with van der Waals surface area (Å²) in [5.41, 5.74) is 0.116. The number of ketones is 1. The van der Waals surface area contributed by atoms with Gasteiger partial charge < -0.3 is 9.67 Å². The molecule has 12 heavy (non-hydrogen) atoms. The largest absolute Gasteiger partial charge is 0.475 e. The zero-order valence-electron chi connectivity index (χ0n) is 6.52. The number of Topliss-reactive ketones (excluding diaryl/α,β-unsaturated/α-hetero) is 1. The molecule has 1 rings (SSSR count). The van der Waals surface area contributed by atoms with Crippen LogP contribution in [0, 0.1) is 0 Å². The maximum absolute atomic E-state index is 10.9. The molecule has 1 heterocycles. The van der Waals surface area contributed by atoms with Crippen LogP contribution in [0.4, 0.5) is 0 Å². The number of carbonyl (C=O) groups excluding carboxylic acids is 1. The third kappa shape index (κ3) is 1.34. The number of rotatable bonds is 3. The van der Waals surface area contributed by atoms with E-state index in [9.17, 15) is 9.59 Å². The van der Waals surface area contributed by atoms with Gasteiger partial charge in [-0.25, -0.2) is 9.78 Å². The fourth-order valence-electron chi connectivity index (χ4n) is 0.871. The van der Waals surface area contributed by atoms with Crippen molar-refractivity contribution in [3.63, 3.8) is 0 Å². The molecule has 0 saturated carbocycles. The summed E-state index contributed by atoms with van der Waals surface area (Å²) in [6.07, 6.45) is 2.68. The standard InChI is InChI=1S/C7H8N2O3/c1-2-9-4-8-3-5(9)6(10)7(11)12/h3-4H,2H2,1H3,(H,11,12). The predicted octanol–water partition coefficient (Wildman–Crippen LogP) is 0.170. The molecule has 0 saturated heterocycles. The van der Waals surface area contributed by atoms with Gasteiger partial charge in [-0.05, 0) is 6.92 Å². The molecule has 0 aliphatic carbocycles. The molecule has 0 aliphatic rings. The molecule has 5 nitrogen and oxygen atoms in total. The van der Waals surface area contributed by atoms with E-state index in [4.69, 9.17) is 5.11 Å². The molecular weight excluding hydrogens is 160 g/mol. The van der Waals surface area contributed by atoms with Crippen LogP contribution in [0.2, 0.25) is 0 Å². The van der Waals surface area contributed by atoms with Gasteiger partial charge in [0, 0.05) is 6.54 Å². The van der Waals surface area contributed by atoms with Crippen molar-refractivity contribution in [2.75, 3.05) is 0 Å². The van der Waals surface area contributed by atoms with Crippen LogP contribution in [0.1, 0.15) is 17.4 Å². The van der Waals surface area contributed by atoms with Crippen molar-refractivity contribution < 1.29 is 14.7 Å². The quantitative estimate of drug-likeness (QED) is 0.515. The number of carboxylic acids is 1. The summed E-state index contributed by atoms with van der Waals surface area (Å²) in [6, 6.07) is 0. The summed E-state index contributed by atoms with van der Waals surface area (Å²) in [6.45, 7) is 2.34. The summed E-state index contributed by atoms with van der Waals surface area (Å²) in [5, 5.41) is 8.38. The van der Waals surface area contributed by atoms with Crippen molar-refractivity contribution in [2.45, 2.75) is 13.5 Å². The van der Waals surface area contributed by atoms with Gasteiger partial charge in [0.1, 0.15) is 5.69 Å². The van der Waals surface area contributed by atoms with E-state index in [0.717, 1.165) is 0 Å². The van der Waals surface area contributed by atoms with Gasteiger partial charge in [-0.2, -0.15) is 0 Å². The van der Waals surface area contributed by atoms with Gasteiger partial charge in [-0.3, -0.25) is 4.79 Å². The van der Waals surface area contributed by atoms with Crippen molar-refractivity contribution in [3.05, 3.63) is 18.2 Å². The van der Waals surface area contributed by atoms with Crippen LogP contribution in [0.15, 0.2) is 12.5 Å². The Morgan fingerprint density at radius 3 is 2.83 bits per heavy atom. The molecule has 5 heteroatoms. The average molecular weight is 168 g/mol. The number of hydrogen-bond donors (Lipinski definition) is 1. The number of aromatic nitrogens is 2. The SMILES string of the molecule is CCn1cncc1C(=O)C(=O)O. The van der Waals surface area contributed by atoms with E-state index in [1.807, 2.05) is 0 Å². The molecule has 1 N–H and O–H groups in total. The first-order chi connectivity index (χ1) is 5.66. The monoisotopic (exact) mass is 168 g/mol. The highest BCUT2D eigenvalue weighted by molar-refractivity contribution is 6.39. The van der Waals surface area contributed by atoms with Crippen LogP contribution in [-0.2, 0) is 11.3 Å². The Morgan fingerprint density at radius 2 is 2.33 bits per heavy atom. The van der Waals surface area contributed by atoms with E-state index in [0.29, 0.717) is 6.54 Å². The molecule has 0 aliphatic heterocycles. The lowest BCUT2D eigenvalue weighted by Gasteiger charge is -1.99.